The normalized spacial score (nSPS) is 10.7. The highest BCUT2D eigenvalue weighted by Gasteiger charge is 2.17. The molecule has 0 saturated carbocycles. The van der Waals surface area contributed by atoms with Crippen molar-refractivity contribution < 1.29 is 19.4 Å². The van der Waals surface area contributed by atoms with Crippen molar-refractivity contribution in [2.24, 2.45) is 0 Å². The summed E-state index contributed by atoms with van der Waals surface area (Å²) >= 11 is 12.1. The number of aromatic nitrogens is 2. The van der Waals surface area contributed by atoms with Crippen LogP contribution in [0.25, 0.3) is 28.2 Å². The minimum absolute atomic E-state index is 0.357. The van der Waals surface area contributed by atoms with Gasteiger partial charge in [0, 0.05) is 27.2 Å². The molecule has 0 radical (unpaired) electrons. The van der Waals surface area contributed by atoms with E-state index in [4.69, 9.17) is 42.9 Å². The summed E-state index contributed by atoms with van der Waals surface area (Å²) < 4.78 is 12.6. The third-order valence-electron chi connectivity index (χ3n) is 4.74. The van der Waals surface area contributed by atoms with Gasteiger partial charge in [-0.05, 0) is 54.6 Å². The first kappa shape index (κ1) is 21.7. The molecule has 8 heteroatoms. The van der Waals surface area contributed by atoms with Gasteiger partial charge < -0.3 is 14.6 Å². The number of nitrogens with zero attached hydrogens (tertiary/aromatic N) is 2. The summed E-state index contributed by atoms with van der Waals surface area (Å²) in [6.45, 7) is -0.484. The van der Waals surface area contributed by atoms with Crippen molar-refractivity contribution in [3.63, 3.8) is 0 Å². The Morgan fingerprint density at radius 1 is 0.969 bits per heavy atom. The van der Waals surface area contributed by atoms with Gasteiger partial charge in [-0.15, -0.1) is 0 Å². The fourth-order valence-electron chi connectivity index (χ4n) is 3.22. The number of ether oxygens (including phenoxy) is 2. The quantitative estimate of drug-likeness (QED) is 0.360. The van der Waals surface area contributed by atoms with E-state index in [-0.39, 0.29) is 0 Å². The van der Waals surface area contributed by atoms with Gasteiger partial charge in [0.2, 0.25) is 0 Å². The second kappa shape index (κ2) is 9.34. The molecule has 0 aliphatic carbocycles. The Balaban J connectivity index is 1.87. The first-order valence-electron chi connectivity index (χ1n) is 9.59. The molecule has 0 bridgehead atoms. The number of rotatable bonds is 7. The molecule has 0 spiro atoms. The van der Waals surface area contributed by atoms with Crippen molar-refractivity contribution in [3.8, 4) is 39.7 Å². The summed E-state index contributed by atoms with van der Waals surface area (Å²) in [7, 11) is 1.53. The van der Waals surface area contributed by atoms with E-state index in [1.165, 1.54) is 7.11 Å². The minimum Gasteiger partial charge on any atom is -0.497 e. The van der Waals surface area contributed by atoms with Crippen LogP contribution in [0.4, 0.5) is 0 Å². The van der Waals surface area contributed by atoms with E-state index in [0.717, 1.165) is 16.9 Å². The van der Waals surface area contributed by atoms with Crippen LogP contribution in [0.15, 0.2) is 72.8 Å². The van der Waals surface area contributed by atoms with Crippen LogP contribution in [-0.2, 0) is 4.79 Å². The maximum Gasteiger partial charge on any atom is 0.341 e. The third-order valence-corrected chi connectivity index (χ3v) is 5.24. The predicted octanol–water partition coefficient (Wildman–Crippen LogP) is 5.99. The Morgan fingerprint density at radius 3 is 2.25 bits per heavy atom. The fraction of sp³-hybridized carbons (Fsp3) is 0.0833. The highest BCUT2D eigenvalue weighted by atomic mass is 35.5. The van der Waals surface area contributed by atoms with Crippen LogP contribution in [0, 0.1) is 0 Å². The van der Waals surface area contributed by atoms with E-state index in [9.17, 15) is 4.79 Å². The van der Waals surface area contributed by atoms with E-state index in [0.29, 0.717) is 32.8 Å². The van der Waals surface area contributed by atoms with Crippen LogP contribution in [0.2, 0.25) is 10.0 Å². The van der Waals surface area contributed by atoms with Gasteiger partial charge in [-0.2, -0.15) is 5.10 Å². The van der Waals surface area contributed by atoms with Crippen molar-refractivity contribution in [2.45, 2.75) is 0 Å². The second-order valence-corrected chi connectivity index (χ2v) is 7.73. The number of methoxy groups -OCH3 is 1. The van der Waals surface area contributed by atoms with Gasteiger partial charge in [0.25, 0.3) is 0 Å². The maximum atomic E-state index is 11.1. The number of hydrogen-bond acceptors (Lipinski definition) is 4. The maximum absolute atomic E-state index is 11.1. The van der Waals surface area contributed by atoms with Crippen LogP contribution < -0.4 is 9.47 Å². The molecule has 1 heterocycles. The zero-order valence-electron chi connectivity index (χ0n) is 17.0. The van der Waals surface area contributed by atoms with E-state index in [1.54, 1.807) is 35.0 Å². The number of carboxylic acids is 1. The molecule has 6 nitrogen and oxygen atoms in total. The Labute approximate surface area is 194 Å². The van der Waals surface area contributed by atoms with Gasteiger partial charge in [0.05, 0.1) is 24.2 Å². The molecule has 0 amide bonds. The van der Waals surface area contributed by atoms with Gasteiger partial charge in [0.15, 0.2) is 6.61 Å². The molecule has 0 fully saturated rings. The Kier molecular flexibility index (Phi) is 6.35. The number of aliphatic carboxylic acids is 1. The van der Waals surface area contributed by atoms with Crippen LogP contribution in [0.1, 0.15) is 0 Å². The van der Waals surface area contributed by atoms with Crippen molar-refractivity contribution in [2.75, 3.05) is 13.7 Å². The predicted molar refractivity (Wildman–Crippen MR) is 124 cm³/mol. The molecule has 0 aliphatic heterocycles. The van der Waals surface area contributed by atoms with Crippen LogP contribution in [0.5, 0.6) is 11.5 Å². The van der Waals surface area contributed by atoms with Crippen molar-refractivity contribution in [1.82, 2.24) is 9.78 Å². The van der Waals surface area contributed by atoms with E-state index < -0.39 is 12.6 Å². The van der Waals surface area contributed by atoms with Crippen molar-refractivity contribution >= 4 is 29.2 Å². The molecule has 3 aromatic carbocycles. The van der Waals surface area contributed by atoms with Crippen LogP contribution in [-0.4, -0.2) is 34.6 Å². The molecule has 0 unspecified atom stereocenters. The molecule has 0 saturated heterocycles. The lowest BCUT2D eigenvalue weighted by atomic mass is 10.1. The standard InChI is InChI=1S/C24H18Cl2N2O4/c1-31-19-10-11-20(23(12-19)32-14-24(29)30)21-13-22(15-2-4-16(25)5-3-15)28(27-21)18-8-6-17(26)7-9-18/h2-13H,14H2,1H3,(H,29,30). The number of benzene rings is 3. The lowest BCUT2D eigenvalue weighted by Gasteiger charge is -2.10. The molecular formula is C24H18Cl2N2O4. The molecule has 1 N–H and O–H groups in total. The molecular weight excluding hydrogens is 451 g/mol. The van der Waals surface area contributed by atoms with Crippen molar-refractivity contribution in [1.29, 1.82) is 0 Å². The van der Waals surface area contributed by atoms with E-state index >= 15 is 0 Å². The third kappa shape index (κ3) is 4.72. The lowest BCUT2D eigenvalue weighted by molar-refractivity contribution is -0.139. The molecule has 162 valence electrons. The fourth-order valence-corrected chi connectivity index (χ4v) is 3.47. The van der Waals surface area contributed by atoms with Gasteiger partial charge in [-0.1, -0.05) is 35.3 Å². The zero-order valence-corrected chi connectivity index (χ0v) is 18.5. The molecule has 4 rings (SSSR count). The summed E-state index contributed by atoms with van der Waals surface area (Å²) in [4.78, 5) is 11.1. The first-order valence-corrected chi connectivity index (χ1v) is 10.3. The SMILES string of the molecule is COc1ccc(-c2cc(-c3ccc(Cl)cc3)n(-c3ccc(Cl)cc3)n2)c(OCC(=O)O)c1. The average molecular weight is 469 g/mol. The smallest absolute Gasteiger partial charge is 0.341 e. The average Bonchev–Trinajstić information content (AvgIpc) is 3.23. The molecule has 1 aromatic heterocycles. The summed E-state index contributed by atoms with van der Waals surface area (Å²) in [5, 5.41) is 15.1. The summed E-state index contributed by atoms with van der Waals surface area (Å²) in [6.07, 6.45) is 0. The van der Waals surface area contributed by atoms with E-state index in [1.807, 2.05) is 42.5 Å². The first-order chi connectivity index (χ1) is 15.4. The topological polar surface area (TPSA) is 73.6 Å². The van der Waals surface area contributed by atoms with E-state index in [2.05, 4.69) is 0 Å². The Morgan fingerprint density at radius 2 is 1.62 bits per heavy atom. The zero-order chi connectivity index (χ0) is 22.7. The minimum atomic E-state index is -1.08. The largest absolute Gasteiger partial charge is 0.497 e. The van der Waals surface area contributed by atoms with Gasteiger partial charge in [0.1, 0.15) is 11.5 Å². The molecule has 32 heavy (non-hydrogen) atoms. The van der Waals surface area contributed by atoms with Crippen LogP contribution in [0.3, 0.4) is 0 Å². The number of carboxylic acid groups (broad SMARTS) is 1. The Bertz CT molecular complexity index is 1190. The van der Waals surface area contributed by atoms with Gasteiger partial charge >= 0.3 is 5.97 Å². The van der Waals surface area contributed by atoms with Gasteiger partial charge in [-0.25, -0.2) is 9.48 Å². The monoisotopic (exact) mass is 468 g/mol. The summed E-state index contributed by atoms with van der Waals surface area (Å²) in [5.74, 6) is -0.174. The summed E-state index contributed by atoms with van der Waals surface area (Å²) in [5.41, 5.74) is 3.78. The summed E-state index contributed by atoms with van der Waals surface area (Å²) in [6, 6.07) is 21.9. The molecule has 0 atom stereocenters. The molecule has 0 aliphatic rings. The van der Waals surface area contributed by atoms with Crippen LogP contribution >= 0.6 is 23.2 Å². The second-order valence-electron chi connectivity index (χ2n) is 6.85. The highest BCUT2D eigenvalue weighted by molar-refractivity contribution is 6.30. The molecule has 4 aromatic rings. The number of hydrogen-bond donors (Lipinski definition) is 1. The Hall–Kier alpha value is -3.48. The number of halogens is 2. The lowest BCUT2D eigenvalue weighted by Crippen LogP contribution is -2.10. The van der Waals surface area contributed by atoms with Crippen molar-refractivity contribution in [3.05, 3.63) is 82.8 Å². The highest BCUT2D eigenvalue weighted by Crippen LogP contribution is 2.36. The number of carbonyl (C=O) groups is 1. The van der Waals surface area contributed by atoms with Gasteiger partial charge in [-0.3, -0.25) is 0 Å².